The minimum atomic E-state index is -0.242. The molecule has 8 heteroatoms. The Balaban J connectivity index is 0.00000240. The van der Waals surface area contributed by atoms with Crippen LogP contribution in [0.3, 0.4) is 0 Å². The molecule has 1 aromatic heterocycles. The molecule has 1 aliphatic carbocycles. The molecule has 4 rings (SSSR count). The highest BCUT2D eigenvalue weighted by molar-refractivity contribution is 5.90. The lowest BCUT2D eigenvalue weighted by Gasteiger charge is -2.37. The number of hydrogen-bond acceptors (Lipinski definition) is 4. The van der Waals surface area contributed by atoms with E-state index in [1.165, 1.54) is 6.42 Å². The van der Waals surface area contributed by atoms with Crippen LogP contribution in [0.15, 0.2) is 42.7 Å². The molecule has 2 atom stereocenters. The molecule has 0 bridgehead atoms. The third-order valence-electron chi connectivity index (χ3n) is 6.02. The fourth-order valence-electron chi connectivity index (χ4n) is 4.55. The molecular weight excluding hydrogens is 390 g/mol. The number of hydrogen-bond donors (Lipinski definition) is 3. The van der Waals surface area contributed by atoms with Crippen LogP contribution in [0.4, 0.5) is 5.69 Å². The van der Waals surface area contributed by atoms with Gasteiger partial charge in [-0.1, -0.05) is 25.0 Å². The molecule has 156 valence electrons. The average Bonchev–Trinajstić information content (AvgIpc) is 3.36. The third-order valence-corrected chi connectivity index (χ3v) is 6.02. The Bertz CT molecular complexity index is 841. The van der Waals surface area contributed by atoms with Gasteiger partial charge in [0.2, 0.25) is 11.8 Å². The zero-order valence-electron chi connectivity index (χ0n) is 16.4. The van der Waals surface area contributed by atoms with Crippen LogP contribution < -0.4 is 16.0 Å². The molecule has 0 unspecified atom stereocenters. The van der Waals surface area contributed by atoms with Gasteiger partial charge in [0.1, 0.15) is 6.54 Å². The SMILES string of the molecule is Cl.O=C(Cn1cccn1)Nc1cccc(CNC(=O)[C@@]23CCCC[C@H]2CNC3)c1. The van der Waals surface area contributed by atoms with E-state index in [1.54, 1.807) is 23.1 Å². The minimum Gasteiger partial charge on any atom is -0.351 e. The van der Waals surface area contributed by atoms with E-state index in [1.807, 2.05) is 24.3 Å². The molecule has 2 fully saturated rings. The van der Waals surface area contributed by atoms with Gasteiger partial charge in [-0.05, 0) is 49.1 Å². The van der Waals surface area contributed by atoms with Crippen molar-refractivity contribution in [2.45, 2.75) is 38.8 Å². The van der Waals surface area contributed by atoms with Gasteiger partial charge in [-0.2, -0.15) is 5.10 Å². The van der Waals surface area contributed by atoms with Crippen molar-refractivity contribution >= 4 is 29.9 Å². The number of nitrogens with one attached hydrogen (secondary N) is 3. The maximum Gasteiger partial charge on any atom is 0.246 e. The van der Waals surface area contributed by atoms with E-state index in [0.29, 0.717) is 12.5 Å². The first-order valence-electron chi connectivity index (χ1n) is 10.0. The molecule has 0 spiro atoms. The van der Waals surface area contributed by atoms with Crippen LogP contribution in [-0.2, 0) is 22.7 Å². The fraction of sp³-hybridized carbons (Fsp3) is 0.476. The molecule has 1 aliphatic heterocycles. The van der Waals surface area contributed by atoms with Crippen molar-refractivity contribution in [2.75, 3.05) is 18.4 Å². The monoisotopic (exact) mass is 417 g/mol. The second kappa shape index (κ2) is 9.41. The van der Waals surface area contributed by atoms with Crippen molar-refractivity contribution in [2.24, 2.45) is 11.3 Å². The van der Waals surface area contributed by atoms with Gasteiger partial charge >= 0.3 is 0 Å². The summed E-state index contributed by atoms with van der Waals surface area (Å²) in [5.74, 6) is 0.482. The number of fused-ring (bicyclic) bond motifs is 1. The summed E-state index contributed by atoms with van der Waals surface area (Å²) in [6.45, 7) is 2.37. The summed E-state index contributed by atoms with van der Waals surface area (Å²) in [4.78, 5) is 25.1. The molecule has 7 nitrogen and oxygen atoms in total. The number of aromatic nitrogens is 2. The molecule has 2 aromatic rings. The van der Waals surface area contributed by atoms with Crippen molar-refractivity contribution in [1.29, 1.82) is 0 Å². The van der Waals surface area contributed by atoms with Crippen LogP contribution in [0, 0.1) is 11.3 Å². The van der Waals surface area contributed by atoms with Gasteiger partial charge in [-0.25, -0.2) is 0 Å². The summed E-state index contributed by atoms with van der Waals surface area (Å²) in [6.07, 6.45) is 7.86. The smallest absolute Gasteiger partial charge is 0.246 e. The fourth-order valence-corrected chi connectivity index (χ4v) is 4.55. The van der Waals surface area contributed by atoms with Crippen molar-refractivity contribution in [1.82, 2.24) is 20.4 Å². The first-order valence-corrected chi connectivity index (χ1v) is 10.0. The standard InChI is InChI=1S/C21H27N5O2.ClH/c27-19(14-26-10-4-9-24-26)25-18-7-3-5-16(11-18)12-23-20(28)21-8-2-1-6-17(21)13-22-15-21;/h3-5,7,9-11,17,22H,1-2,6,8,12-15H2,(H,23,28)(H,25,27);1H/t17-,21+;/m0./s1. The van der Waals surface area contributed by atoms with E-state index in [2.05, 4.69) is 21.0 Å². The van der Waals surface area contributed by atoms with E-state index >= 15 is 0 Å². The predicted molar refractivity (Wildman–Crippen MR) is 114 cm³/mol. The number of benzene rings is 1. The van der Waals surface area contributed by atoms with Gasteiger partial charge in [-0.15, -0.1) is 12.4 Å². The Labute approximate surface area is 177 Å². The topological polar surface area (TPSA) is 88.1 Å². The van der Waals surface area contributed by atoms with Gasteiger partial charge < -0.3 is 16.0 Å². The Kier molecular flexibility index (Phi) is 6.92. The summed E-state index contributed by atoms with van der Waals surface area (Å²) < 4.78 is 1.58. The van der Waals surface area contributed by atoms with Crippen LogP contribution in [0.25, 0.3) is 0 Å². The van der Waals surface area contributed by atoms with Crippen LogP contribution in [0.5, 0.6) is 0 Å². The lowest BCUT2D eigenvalue weighted by molar-refractivity contribution is -0.134. The molecule has 2 aliphatic rings. The lowest BCUT2D eigenvalue weighted by Crippen LogP contribution is -2.47. The Morgan fingerprint density at radius 2 is 2.17 bits per heavy atom. The van der Waals surface area contributed by atoms with Gasteiger partial charge in [0, 0.05) is 31.2 Å². The van der Waals surface area contributed by atoms with Crippen LogP contribution in [0.1, 0.15) is 31.2 Å². The van der Waals surface area contributed by atoms with Crippen molar-refractivity contribution in [3.05, 3.63) is 48.3 Å². The zero-order valence-corrected chi connectivity index (χ0v) is 17.2. The molecule has 2 heterocycles. The predicted octanol–water partition coefficient (Wildman–Crippen LogP) is 2.34. The highest BCUT2D eigenvalue weighted by atomic mass is 35.5. The third kappa shape index (κ3) is 4.79. The largest absolute Gasteiger partial charge is 0.351 e. The summed E-state index contributed by atoms with van der Waals surface area (Å²) in [5.41, 5.74) is 1.45. The molecule has 3 N–H and O–H groups in total. The molecule has 0 radical (unpaired) electrons. The Morgan fingerprint density at radius 3 is 3.00 bits per heavy atom. The number of anilines is 1. The number of carbonyl (C=O) groups excluding carboxylic acids is 2. The zero-order chi connectivity index (χ0) is 19.4. The highest BCUT2D eigenvalue weighted by Gasteiger charge is 2.49. The van der Waals surface area contributed by atoms with Crippen LogP contribution >= 0.6 is 12.4 Å². The number of nitrogens with zero attached hydrogens (tertiary/aromatic N) is 2. The first kappa shape index (κ1) is 21.3. The maximum atomic E-state index is 13.0. The van der Waals surface area contributed by atoms with Gasteiger partial charge in [0.15, 0.2) is 0 Å². The van der Waals surface area contributed by atoms with Crippen molar-refractivity contribution in [3.63, 3.8) is 0 Å². The molecule has 1 saturated heterocycles. The highest BCUT2D eigenvalue weighted by Crippen LogP contribution is 2.43. The van der Waals surface area contributed by atoms with E-state index in [4.69, 9.17) is 0 Å². The van der Waals surface area contributed by atoms with E-state index in [0.717, 1.165) is 43.6 Å². The van der Waals surface area contributed by atoms with E-state index in [9.17, 15) is 9.59 Å². The lowest BCUT2D eigenvalue weighted by atomic mass is 9.67. The van der Waals surface area contributed by atoms with Crippen molar-refractivity contribution < 1.29 is 9.59 Å². The van der Waals surface area contributed by atoms with E-state index in [-0.39, 0.29) is 36.2 Å². The molecular formula is C21H28ClN5O2. The van der Waals surface area contributed by atoms with Crippen molar-refractivity contribution in [3.8, 4) is 0 Å². The van der Waals surface area contributed by atoms with E-state index < -0.39 is 0 Å². The maximum absolute atomic E-state index is 13.0. The second-order valence-corrected chi connectivity index (χ2v) is 7.86. The Morgan fingerprint density at radius 1 is 1.28 bits per heavy atom. The molecule has 29 heavy (non-hydrogen) atoms. The second-order valence-electron chi connectivity index (χ2n) is 7.86. The van der Waals surface area contributed by atoms with Gasteiger partial charge in [-0.3, -0.25) is 14.3 Å². The molecule has 1 saturated carbocycles. The molecule has 1 aromatic carbocycles. The summed E-state index contributed by atoms with van der Waals surface area (Å²) in [6, 6.07) is 9.40. The first-order chi connectivity index (χ1) is 13.7. The summed E-state index contributed by atoms with van der Waals surface area (Å²) in [7, 11) is 0. The average molecular weight is 418 g/mol. The number of halogens is 1. The van der Waals surface area contributed by atoms with Gasteiger partial charge in [0.25, 0.3) is 0 Å². The molecule has 2 amide bonds. The van der Waals surface area contributed by atoms with Gasteiger partial charge in [0.05, 0.1) is 5.41 Å². The normalized spacial score (nSPS) is 23.0. The van der Waals surface area contributed by atoms with Crippen LogP contribution in [0.2, 0.25) is 0 Å². The number of amides is 2. The number of rotatable bonds is 6. The summed E-state index contributed by atoms with van der Waals surface area (Å²) >= 11 is 0. The Hall–Kier alpha value is -2.38. The summed E-state index contributed by atoms with van der Waals surface area (Å²) in [5, 5.41) is 13.5. The minimum absolute atomic E-state index is 0. The van der Waals surface area contributed by atoms with Crippen LogP contribution in [-0.4, -0.2) is 34.7 Å². The number of carbonyl (C=O) groups is 2. The quantitative estimate of drug-likeness (QED) is 0.673.